The first-order valence-corrected chi connectivity index (χ1v) is 7.70. The predicted octanol–water partition coefficient (Wildman–Crippen LogP) is 4.14. The number of allylic oxidation sites excluding steroid dienone is 3. The van der Waals surface area contributed by atoms with Crippen LogP contribution in [-0.2, 0) is 14.3 Å². The number of hydrogen-bond donors (Lipinski definition) is 0. The van der Waals surface area contributed by atoms with Crippen molar-refractivity contribution in [1.29, 1.82) is 0 Å². The lowest BCUT2D eigenvalue weighted by Gasteiger charge is -2.26. The highest BCUT2D eigenvalue weighted by atomic mass is 32.2. The molecule has 0 aromatic heterocycles. The molecule has 0 aliphatic heterocycles. The van der Waals surface area contributed by atoms with E-state index in [9.17, 15) is 21.6 Å². The molecule has 0 saturated carbocycles. The second-order valence-corrected chi connectivity index (χ2v) is 7.08. The molecule has 1 aliphatic rings. The molecule has 3 nitrogen and oxygen atoms in total. The molecule has 0 amide bonds. The van der Waals surface area contributed by atoms with E-state index in [1.165, 1.54) is 0 Å². The van der Waals surface area contributed by atoms with Crippen LogP contribution in [0.25, 0.3) is 0 Å². The van der Waals surface area contributed by atoms with Crippen LogP contribution in [0, 0.1) is 11.3 Å². The third kappa shape index (κ3) is 3.19. The van der Waals surface area contributed by atoms with Gasteiger partial charge in [-0.2, -0.15) is 21.6 Å². The van der Waals surface area contributed by atoms with Crippen molar-refractivity contribution >= 4 is 10.1 Å². The van der Waals surface area contributed by atoms with Crippen LogP contribution < -0.4 is 0 Å². The van der Waals surface area contributed by atoms with Crippen LogP contribution in [-0.4, -0.2) is 13.9 Å². The van der Waals surface area contributed by atoms with Gasteiger partial charge in [0, 0.05) is 5.41 Å². The molecule has 0 fully saturated rings. The summed E-state index contributed by atoms with van der Waals surface area (Å²) in [5.74, 6) is -0.134. The molecule has 0 aromatic carbocycles. The molecule has 0 bridgehead atoms. The first kappa shape index (κ1) is 17.1. The molecule has 0 radical (unpaired) electrons. The van der Waals surface area contributed by atoms with Crippen molar-refractivity contribution in [3.05, 3.63) is 24.0 Å². The van der Waals surface area contributed by atoms with Gasteiger partial charge >= 0.3 is 15.6 Å². The Bertz CT molecular complexity index is 517. The molecule has 0 unspecified atom stereocenters. The van der Waals surface area contributed by atoms with E-state index >= 15 is 0 Å². The van der Waals surface area contributed by atoms with Crippen molar-refractivity contribution in [3.63, 3.8) is 0 Å². The fourth-order valence-electron chi connectivity index (χ4n) is 2.40. The summed E-state index contributed by atoms with van der Waals surface area (Å²) in [6.07, 6.45) is 3.01. The Morgan fingerprint density at radius 3 is 2.40 bits per heavy atom. The largest absolute Gasteiger partial charge is 0.534 e. The number of rotatable bonds is 5. The maximum absolute atomic E-state index is 12.5. The van der Waals surface area contributed by atoms with Crippen LogP contribution in [0.5, 0.6) is 0 Å². The van der Waals surface area contributed by atoms with Crippen LogP contribution in [0.4, 0.5) is 13.2 Å². The quantitative estimate of drug-likeness (QED) is 0.435. The van der Waals surface area contributed by atoms with Gasteiger partial charge in [-0.15, -0.1) is 6.58 Å². The van der Waals surface area contributed by atoms with Gasteiger partial charge in [-0.25, -0.2) is 0 Å². The Balaban J connectivity index is 3.27. The zero-order chi connectivity index (χ0) is 15.8. The third-order valence-corrected chi connectivity index (χ3v) is 4.51. The molecule has 0 saturated heterocycles. The van der Waals surface area contributed by atoms with Gasteiger partial charge in [0.1, 0.15) is 5.76 Å². The van der Waals surface area contributed by atoms with Gasteiger partial charge in [-0.05, 0) is 30.8 Å². The molecule has 20 heavy (non-hydrogen) atoms. The number of alkyl halides is 3. The van der Waals surface area contributed by atoms with E-state index in [-0.39, 0.29) is 11.7 Å². The van der Waals surface area contributed by atoms with E-state index in [1.807, 2.05) is 0 Å². The van der Waals surface area contributed by atoms with Crippen LogP contribution >= 0.6 is 0 Å². The van der Waals surface area contributed by atoms with E-state index in [0.717, 1.165) is 0 Å². The SMILES string of the molecule is C=CC[C@@]1(C)CCC(C(C)C)=C1OS(=O)(=O)C(F)(F)F. The van der Waals surface area contributed by atoms with Gasteiger partial charge in [-0.1, -0.05) is 26.8 Å². The minimum Gasteiger partial charge on any atom is -0.380 e. The standard InChI is InChI=1S/C13H19F3O3S/c1-5-7-12(4)8-6-10(9(2)3)11(12)19-20(17,18)13(14,15)16/h5,9H,1,6-8H2,2-4H3/t12-/m0/s1. The van der Waals surface area contributed by atoms with E-state index in [1.54, 1.807) is 26.8 Å². The van der Waals surface area contributed by atoms with Gasteiger partial charge in [0.05, 0.1) is 0 Å². The van der Waals surface area contributed by atoms with Crippen LogP contribution in [0.2, 0.25) is 0 Å². The summed E-state index contributed by atoms with van der Waals surface area (Å²) < 4.78 is 64.5. The maximum Gasteiger partial charge on any atom is 0.534 e. The van der Waals surface area contributed by atoms with E-state index in [2.05, 4.69) is 10.8 Å². The molecule has 7 heteroatoms. The second kappa shape index (κ2) is 5.42. The maximum atomic E-state index is 12.5. The fraction of sp³-hybridized carbons (Fsp3) is 0.692. The fourth-order valence-corrected chi connectivity index (χ4v) is 3.02. The predicted molar refractivity (Wildman–Crippen MR) is 70.1 cm³/mol. The minimum atomic E-state index is -5.63. The monoisotopic (exact) mass is 312 g/mol. The molecule has 1 atom stereocenters. The van der Waals surface area contributed by atoms with Crippen molar-refractivity contribution in [1.82, 2.24) is 0 Å². The van der Waals surface area contributed by atoms with Crippen molar-refractivity contribution < 1.29 is 25.8 Å². The molecule has 0 spiro atoms. The highest BCUT2D eigenvalue weighted by molar-refractivity contribution is 7.87. The summed E-state index contributed by atoms with van der Waals surface area (Å²) in [6, 6.07) is 0. The summed E-state index contributed by atoms with van der Waals surface area (Å²) in [4.78, 5) is 0. The molecular formula is C13H19F3O3S. The average molecular weight is 312 g/mol. The molecule has 116 valence electrons. The highest BCUT2D eigenvalue weighted by Gasteiger charge is 2.51. The molecule has 1 rings (SSSR count). The topological polar surface area (TPSA) is 43.4 Å². The van der Waals surface area contributed by atoms with Crippen LogP contribution in [0.15, 0.2) is 24.0 Å². The molecular weight excluding hydrogens is 293 g/mol. The van der Waals surface area contributed by atoms with Crippen LogP contribution in [0.1, 0.15) is 40.0 Å². The van der Waals surface area contributed by atoms with Crippen molar-refractivity contribution in [2.75, 3.05) is 0 Å². The van der Waals surface area contributed by atoms with Gasteiger partial charge in [-0.3, -0.25) is 0 Å². The van der Waals surface area contributed by atoms with Gasteiger partial charge in [0.2, 0.25) is 0 Å². The Morgan fingerprint density at radius 2 is 2.00 bits per heavy atom. The van der Waals surface area contributed by atoms with E-state index in [4.69, 9.17) is 0 Å². The van der Waals surface area contributed by atoms with Gasteiger partial charge < -0.3 is 4.18 Å². The molecule has 0 heterocycles. The van der Waals surface area contributed by atoms with Crippen LogP contribution in [0.3, 0.4) is 0 Å². The molecule has 0 aromatic rings. The Morgan fingerprint density at radius 1 is 1.45 bits per heavy atom. The highest BCUT2D eigenvalue weighted by Crippen LogP contribution is 2.49. The van der Waals surface area contributed by atoms with E-state index in [0.29, 0.717) is 24.8 Å². The lowest BCUT2D eigenvalue weighted by Crippen LogP contribution is -2.29. The molecule has 0 N–H and O–H groups in total. The Hall–Kier alpha value is -0.980. The smallest absolute Gasteiger partial charge is 0.380 e. The summed E-state index contributed by atoms with van der Waals surface area (Å²) in [6.45, 7) is 8.88. The average Bonchev–Trinajstić information content (AvgIpc) is 2.55. The third-order valence-electron chi connectivity index (χ3n) is 3.55. The normalized spacial score (nSPS) is 24.4. The van der Waals surface area contributed by atoms with Crippen molar-refractivity contribution in [2.45, 2.75) is 45.5 Å². The summed E-state index contributed by atoms with van der Waals surface area (Å²) in [5.41, 5.74) is -5.54. The van der Waals surface area contributed by atoms with Crippen molar-refractivity contribution in [2.24, 2.45) is 11.3 Å². The summed E-state index contributed by atoms with van der Waals surface area (Å²) in [7, 11) is -5.63. The van der Waals surface area contributed by atoms with Crippen molar-refractivity contribution in [3.8, 4) is 0 Å². The lowest BCUT2D eigenvalue weighted by atomic mass is 9.85. The van der Waals surface area contributed by atoms with Gasteiger partial charge in [0.15, 0.2) is 0 Å². The Labute approximate surface area is 117 Å². The number of halogens is 3. The summed E-state index contributed by atoms with van der Waals surface area (Å²) >= 11 is 0. The molecule has 1 aliphatic carbocycles. The van der Waals surface area contributed by atoms with E-state index < -0.39 is 21.0 Å². The lowest BCUT2D eigenvalue weighted by molar-refractivity contribution is -0.0532. The zero-order valence-corrected chi connectivity index (χ0v) is 12.6. The summed E-state index contributed by atoms with van der Waals surface area (Å²) in [5, 5.41) is 0. The Kier molecular flexibility index (Phi) is 4.63. The second-order valence-electron chi connectivity index (χ2n) is 5.55. The number of hydrogen-bond acceptors (Lipinski definition) is 3. The first-order valence-electron chi connectivity index (χ1n) is 6.30. The zero-order valence-electron chi connectivity index (χ0n) is 11.8. The first-order chi connectivity index (χ1) is 8.94. The van der Waals surface area contributed by atoms with Gasteiger partial charge in [0.25, 0.3) is 0 Å². The minimum absolute atomic E-state index is 0.0651.